The zero-order valence-corrected chi connectivity index (χ0v) is 12.1. The molecule has 0 spiro atoms. The van der Waals surface area contributed by atoms with Crippen molar-refractivity contribution in [2.45, 2.75) is 38.6 Å². The number of nitrogens with zero attached hydrogens (tertiary/aromatic N) is 2. The first-order chi connectivity index (χ1) is 8.24. The normalized spacial score (nSPS) is 17.6. The average molecular weight is 297 g/mol. The van der Waals surface area contributed by atoms with Crippen molar-refractivity contribution in [3.8, 4) is 0 Å². The molecule has 0 aliphatic heterocycles. The van der Waals surface area contributed by atoms with Gasteiger partial charge >= 0.3 is 0 Å². The lowest BCUT2D eigenvalue weighted by Gasteiger charge is -2.26. The summed E-state index contributed by atoms with van der Waals surface area (Å²) in [6.07, 6.45) is 9.00. The minimum Gasteiger partial charge on any atom is -0.300 e. The Morgan fingerprint density at radius 1 is 1.29 bits per heavy atom. The molecule has 94 valence electrons. The van der Waals surface area contributed by atoms with E-state index >= 15 is 0 Å². The Hall–Kier alpha value is -0.410. The summed E-state index contributed by atoms with van der Waals surface area (Å²) in [4.78, 5) is 6.83. The Morgan fingerprint density at radius 2 is 2.06 bits per heavy atom. The van der Waals surface area contributed by atoms with Crippen molar-refractivity contribution in [3.63, 3.8) is 0 Å². The van der Waals surface area contributed by atoms with Crippen molar-refractivity contribution in [2.75, 3.05) is 13.6 Å². The SMILES string of the molecule is CN(Cc1ccc(Br)cn1)CC1CCCCC1. The molecule has 0 bridgehead atoms. The van der Waals surface area contributed by atoms with E-state index in [-0.39, 0.29) is 0 Å². The van der Waals surface area contributed by atoms with Gasteiger partial charge in [-0.2, -0.15) is 0 Å². The lowest BCUT2D eigenvalue weighted by molar-refractivity contribution is 0.226. The first-order valence-electron chi connectivity index (χ1n) is 6.53. The Labute approximate surface area is 113 Å². The van der Waals surface area contributed by atoms with E-state index in [0.717, 1.165) is 22.6 Å². The van der Waals surface area contributed by atoms with Gasteiger partial charge in [-0.25, -0.2) is 0 Å². The van der Waals surface area contributed by atoms with Gasteiger partial charge in [-0.3, -0.25) is 4.98 Å². The molecule has 3 heteroatoms. The van der Waals surface area contributed by atoms with Crippen LogP contribution in [0.2, 0.25) is 0 Å². The molecular formula is C14H21BrN2. The Balaban J connectivity index is 1.79. The van der Waals surface area contributed by atoms with Crippen LogP contribution in [0.5, 0.6) is 0 Å². The van der Waals surface area contributed by atoms with Crippen LogP contribution in [0.15, 0.2) is 22.8 Å². The molecule has 17 heavy (non-hydrogen) atoms. The van der Waals surface area contributed by atoms with Crippen LogP contribution in [0.4, 0.5) is 0 Å². The van der Waals surface area contributed by atoms with Gasteiger partial charge in [0.15, 0.2) is 0 Å². The maximum absolute atomic E-state index is 4.42. The molecule has 2 nitrogen and oxygen atoms in total. The van der Waals surface area contributed by atoms with Crippen LogP contribution < -0.4 is 0 Å². The van der Waals surface area contributed by atoms with Gasteiger partial charge in [0.1, 0.15) is 0 Å². The third-order valence-corrected chi connectivity index (χ3v) is 3.98. The highest BCUT2D eigenvalue weighted by Crippen LogP contribution is 2.24. The summed E-state index contributed by atoms with van der Waals surface area (Å²) in [7, 11) is 2.21. The molecule has 0 atom stereocenters. The van der Waals surface area contributed by atoms with Gasteiger partial charge in [0.25, 0.3) is 0 Å². The summed E-state index contributed by atoms with van der Waals surface area (Å²) < 4.78 is 1.05. The van der Waals surface area contributed by atoms with E-state index in [1.807, 2.05) is 6.20 Å². The van der Waals surface area contributed by atoms with Gasteiger partial charge in [0.05, 0.1) is 5.69 Å². The lowest BCUT2D eigenvalue weighted by atomic mass is 9.89. The van der Waals surface area contributed by atoms with E-state index in [0.29, 0.717) is 0 Å². The molecule has 0 amide bonds. The average Bonchev–Trinajstić information content (AvgIpc) is 2.33. The highest BCUT2D eigenvalue weighted by atomic mass is 79.9. The lowest BCUT2D eigenvalue weighted by Crippen LogP contribution is -2.27. The first-order valence-corrected chi connectivity index (χ1v) is 7.32. The second kappa shape index (κ2) is 6.50. The summed E-state index contributed by atoms with van der Waals surface area (Å²) in [5, 5.41) is 0. The predicted molar refractivity (Wildman–Crippen MR) is 74.8 cm³/mol. The maximum atomic E-state index is 4.42. The number of aromatic nitrogens is 1. The van der Waals surface area contributed by atoms with Crippen LogP contribution in [0.3, 0.4) is 0 Å². The monoisotopic (exact) mass is 296 g/mol. The minimum atomic E-state index is 0.907. The Morgan fingerprint density at radius 3 is 2.71 bits per heavy atom. The molecule has 0 aromatic carbocycles. The number of pyridine rings is 1. The predicted octanol–water partition coefficient (Wildman–Crippen LogP) is 3.86. The third-order valence-electron chi connectivity index (χ3n) is 3.52. The number of hydrogen-bond donors (Lipinski definition) is 0. The van der Waals surface area contributed by atoms with Crippen LogP contribution in [-0.4, -0.2) is 23.5 Å². The molecule has 1 fully saturated rings. The first kappa shape index (κ1) is 13.0. The van der Waals surface area contributed by atoms with E-state index in [1.54, 1.807) is 0 Å². The second-order valence-electron chi connectivity index (χ2n) is 5.17. The van der Waals surface area contributed by atoms with E-state index in [4.69, 9.17) is 0 Å². The van der Waals surface area contributed by atoms with Gasteiger partial charge in [0.2, 0.25) is 0 Å². The van der Waals surface area contributed by atoms with Crippen LogP contribution in [0.25, 0.3) is 0 Å². The van der Waals surface area contributed by atoms with E-state index in [1.165, 1.54) is 38.6 Å². The molecule has 0 saturated heterocycles. The Bertz CT molecular complexity index is 331. The molecule has 0 radical (unpaired) electrons. The summed E-state index contributed by atoms with van der Waals surface area (Å²) >= 11 is 3.42. The van der Waals surface area contributed by atoms with Crippen molar-refractivity contribution in [1.82, 2.24) is 9.88 Å². The summed E-state index contributed by atoms with van der Waals surface area (Å²) in [6, 6.07) is 4.16. The molecule has 0 N–H and O–H groups in total. The third kappa shape index (κ3) is 4.40. The molecule has 1 saturated carbocycles. The van der Waals surface area contributed by atoms with Crippen LogP contribution >= 0.6 is 15.9 Å². The number of halogens is 1. The highest BCUT2D eigenvalue weighted by Gasteiger charge is 2.15. The van der Waals surface area contributed by atoms with Crippen LogP contribution in [0.1, 0.15) is 37.8 Å². The van der Waals surface area contributed by atoms with Crippen molar-refractivity contribution < 1.29 is 0 Å². The molecule has 1 aromatic heterocycles. The molecule has 0 unspecified atom stereocenters. The van der Waals surface area contributed by atoms with Gasteiger partial charge in [-0.05, 0) is 53.9 Å². The summed E-state index contributed by atoms with van der Waals surface area (Å²) in [5.74, 6) is 0.907. The van der Waals surface area contributed by atoms with Crippen LogP contribution in [-0.2, 0) is 6.54 Å². The van der Waals surface area contributed by atoms with E-state index in [9.17, 15) is 0 Å². The van der Waals surface area contributed by atoms with Crippen molar-refractivity contribution >= 4 is 15.9 Å². The minimum absolute atomic E-state index is 0.907. The molecule has 1 aliphatic rings. The molecule has 1 aromatic rings. The zero-order valence-electron chi connectivity index (χ0n) is 10.5. The largest absolute Gasteiger partial charge is 0.300 e. The van der Waals surface area contributed by atoms with Gasteiger partial charge in [0, 0.05) is 23.8 Å². The topological polar surface area (TPSA) is 16.1 Å². The van der Waals surface area contributed by atoms with E-state index in [2.05, 4.69) is 45.0 Å². The molecule has 1 aliphatic carbocycles. The fourth-order valence-corrected chi connectivity index (χ4v) is 2.89. The Kier molecular flexibility index (Phi) is 4.99. The van der Waals surface area contributed by atoms with E-state index < -0.39 is 0 Å². The molecule has 1 heterocycles. The molecule has 2 rings (SSSR count). The van der Waals surface area contributed by atoms with Crippen LogP contribution in [0, 0.1) is 5.92 Å². The van der Waals surface area contributed by atoms with Gasteiger partial charge in [-0.15, -0.1) is 0 Å². The van der Waals surface area contributed by atoms with Gasteiger partial charge < -0.3 is 4.90 Å². The molecular weight excluding hydrogens is 276 g/mol. The summed E-state index contributed by atoms with van der Waals surface area (Å²) in [5.41, 5.74) is 1.16. The van der Waals surface area contributed by atoms with Crippen molar-refractivity contribution in [2.24, 2.45) is 5.92 Å². The fourth-order valence-electron chi connectivity index (χ4n) is 2.65. The smallest absolute Gasteiger partial charge is 0.0544 e. The maximum Gasteiger partial charge on any atom is 0.0544 e. The highest BCUT2D eigenvalue weighted by molar-refractivity contribution is 9.10. The van der Waals surface area contributed by atoms with Gasteiger partial charge in [-0.1, -0.05) is 19.3 Å². The fraction of sp³-hybridized carbons (Fsp3) is 0.643. The summed E-state index contributed by atoms with van der Waals surface area (Å²) in [6.45, 7) is 2.18. The number of hydrogen-bond acceptors (Lipinski definition) is 2. The standard InChI is InChI=1S/C14H21BrN2/c1-17(10-12-5-3-2-4-6-12)11-14-8-7-13(15)9-16-14/h7-9,12H,2-6,10-11H2,1H3. The quantitative estimate of drug-likeness (QED) is 0.839. The zero-order chi connectivity index (χ0) is 12.1. The number of rotatable bonds is 4. The van der Waals surface area contributed by atoms with Crippen molar-refractivity contribution in [1.29, 1.82) is 0 Å². The van der Waals surface area contributed by atoms with Crippen molar-refractivity contribution in [3.05, 3.63) is 28.5 Å². The second-order valence-corrected chi connectivity index (χ2v) is 6.08.